The largest absolute Gasteiger partial charge is 0.490 e. The second-order valence-electron chi connectivity index (χ2n) is 14.4. The Hall–Kier alpha value is -2.69. The summed E-state index contributed by atoms with van der Waals surface area (Å²) in [6.07, 6.45) is 1.28. The Balaban J connectivity index is 1.44. The Labute approximate surface area is 261 Å². The van der Waals surface area contributed by atoms with E-state index in [1.807, 2.05) is 30.3 Å². The molecule has 0 radical (unpaired) electrons. The molecule has 10 heteroatoms. The third-order valence-electron chi connectivity index (χ3n) is 9.08. The molecule has 6 nitrogen and oxygen atoms in total. The number of nitrogens with zero attached hydrogens (tertiary/aromatic N) is 3. The first-order valence-corrected chi connectivity index (χ1v) is 19.2. The molecular formula is C34H48F3N3O3Si. The minimum Gasteiger partial charge on any atom is -0.490 e. The molecule has 2 aromatic heterocycles. The van der Waals surface area contributed by atoms with Crippen LogP contribution >= 0.6 is 0 Å². The molecule has 0 aliphatic heterocycles. The number of alkyl halides is 3. The molecule has 0 N–H and O–H groups in total. The van der Waals surface area contributed by atoms with E-state index in [9.17, 15) is 13.2 Å². The van der Waals surface area contributed by atoms with Gasteiger partial charge in [0.1, 0.15) is 18.3 Å². The van der Waals surface area contributed by atoms with E-state index < -0.39 is 19.9 Å². The topological polar surface area (TPSA) is 58.4 Å². The fourth-order valence-electron chi connectivity index (χ4n) is 5.96. The molecule has 0 saturated heterocycles. The van der Waals surface area contributed by atoms with Crippen molar-refractivity contribution in [2.45, 2.75) is 98.1 Å². The molecule has 1 aliphatic carbocycles. The Morgan fingerprint density at radius 2 is 1.61 bits per heavy atom. The fourth-order valence-corrected chi connectivity index (χ4v) is 6.71. The van der Waals surface area contributed by atoms with Crippen LogP contribution in [0, 0.1) is 17.8 Å². The Morgan fingerprint density at radius 3 is 2.14 bits per heavy atom. The summed E-state index contributed by atoms with van der Waals surface area (Å²) in [5.74, 6) is 1.01. The Morgan fingerprint density at radius 1 is 0.977 bits per heavy atom. The van der Waals surface area contributed by atoms with Gasteiger partial charge < -0.3 is 18.8 Å². The molecule has 1 aromatic carbocycles. The van der Waals surface area contributed by atoms with Gasteiger partial charge in [-0.25, -0.2) is 4.98 Å². The molecule has 0 amide bonds. The van der Waals surface area contributed by atoms with Crippen LogP contribution in [0.15, 0.2) is 42.6 Å². The lowest BCUT2D eigenvalue weighted by atomic mass is 9.59. The van der Waals surface area contributed by atoms with Crippen LogP contribution in [0.5, 0.6) is 5.75 Å². The van der Waals surface area contributed by atoms with Crippen LogP contribution in [0.1, 0.15) is 57.8 Å². The zero-order valence-corrected chi connectivity index (χ0v) is 28.5. The van der Waals surface area contributed by atoms with Crippen LogP contribution in [0.3, 0.4) is 0 Å². The standard InChI is InChI=1S/C34H48F3N3O3Si/c1-24-30(34(35,36)37)39-31(40(24)23-42-19-20-44(6,7)8)26-11-14-29(38-21-26)25-9-12-27(13-10-25)43-28-15-17-33(18-16-28,22-41-5)32(2,3)4/h9-14,21,28H,15-20,22-23H2,1-8H3. The minimum absolute atomic E-state index is 0.00249. The van der Waals surface area contributed by atoms with E-state index in [-0.39, 0.29) is 35.2 Å². The zero-order chi connectivity index (χ0) is 32.3. The highest BCUT2D eigenvalue weighted by molar-refractivity contribution is 6.76. The maximum atomic E-state index is 13.7. The molecule has 4 rings (SSSR count). The van der Waals surface area contributed by atoms with E-state index in [2.05, 4.69) is 50.4 Å². The molecule has 3 aromatic rings. The van der Waals surface area contributed by atoms with Crippen LogP contribution in [0.2, 0.25) is 25.7 Å². The van der Waals surface area contributed by atoms with Gasteiger partial charge in [-0.05, 0) is 85.9 Å². The first-order valence-electron chi connectivity index (χ1n) is 15.5. The number of hydrogen-bond donors (Lipinski definition) is 0. The summed E-state index contributed by atoms with van der Waals surface area (Å²) in [5, 5.41) is 0. The molecule has 1 saturated carbocycles. The van der Waals surface area contributed by atoms with Crippen molar-refractivity contribution in [2.24, 2.45) is 10.8 Å². The average Bonchev–Trinajstić information content (AvgIpc) is 3.28. The van der Waals surface area contributed by atoms with Crippen molar-refractivity contribution in [1.29, 1.82) is 0 Å². The van der Waals surface area contributed by atoms with Crippen molar-refractivity contribution >= 4 is 8.07 Å². The first-order chi connectivity index (χ1) is 20.5. The first kappa shape index (κ1) is 34.2. The van der Waals surface area contributed by atoms with Crippen molar-refractivity contribution < 1.29 is 27.4 Å². The summed E-state index contributed by atoms with van der Waals surface area (Å²) in [4.78, 5) is 8.56. The van der Waals surface area contributed by atoms with Gasteiger partial charge in [0.2, 0.25) is 0 Å². The summed E-state index contributed by atoms with van der Waals surface area (Å²) in [7, 11) is 0.452. The van der Waals surface area contributed by atoms with Crippen LogP contribution in [-0.4, -0.2) is 49.0 Å². The fraction of sp³-hybridized carbons (Fsp3) is 0.588. The second-order valence-corrected chi connectivity index (χ2v) is 20.0. The lowest BCUT2D eigenvalue weighted by Gasteiger charge is -2.48. The van der Waals surface area contributed by atoms with Crippen molar-refractivity contribution in [3.05, 3.63) is 54.0 Å². The number of ether oxygens (including phenoxy) is 3. The number of halogens is 3. The SMILES string of the molecule is COCC1(C(C)(C)C)CCC(Oc2ccc(-c3ccc(-c4nc(C(F)(F)F)c(C)n4COCC[Si](C)(C)C)cn3)cc2)CC1. The van der Waals surface area contributed by atoms with Gasteiger partial charge in [0.25, 0.3) is 0 Å². The van der Waals surface area contributed by atoms with Gasteiger partial charge in [0, 0.05) is 44.8 Å². The number of pyridine rings is 1. The number of methoxy groups -OCH3 is 1. The van der Waals surface area contributed by atoms with Gasteiger partial charge in [-0.3, -0.25) is 4.98 Å². The summed E-state index contributed by atoms with van der Waals surface area (Å²) < 4.78 is 60.5. The van der Waals surface area contributed by atoms with Gasteiger partial charge >= 0.3 is 6.18 Å². The van der Waals surface area contributed by atoms with Crippen molar-refractivity contribution in [2.75, 3.05) is 20.3 Å². The van der Waals surface area contributed by atoms with E-state index >= 15 is 0 Å². The van der Waals surface area contributed by atoms with E-state index in [0.29, 0.717) is 17.9 Å². The molecule has 0 unspecified atom stereocenters. The van der Waals surface area contributed by atoms with Gasteiger partial charge in [-0.1, -0.05) is 40.4 Å². The van der Waals surface area contributed by atoms with Crippen molar-refractivity contribution in [3.8, 4) is 28.4 Å². The highest BCUT2D eigenvalue weighted by Gasteiger charge is 2.45. The van der Waals surface area contributed by atoms with Crippen LogP contribution in [0.25, 0.3) is 22.6 Å². The number of benzene rings is 1. The quantitative estimate of drug-likeness (QED) is 0.156. The van der Waals surface area contributed by atoms with E-state index in [0.717, 1.165) is 49.6 Å². The number of aromatic nitrogens is 3. The predicted molar refractivity (Wildman–Crippen MR) is 171 cm³/mol. The van der Waals surface area contributed by atoms with Crippen LogP contribution < -0.4 is 4.74 Å². The molecule has 44 heavy (non-hydrogen) atoms. The highest BCUT2D eigenvalue weighted by Crippen LogP contribution is 2.50. The second kappa shape index (κ2) is 13.3. The monoisotopic (exact) mass is 631 g/mol. The lowest BCUT2D eigenvalue weighted by Crippen LogP contribution is -2.44. The van der Waals surface area contributed by atoms with Crippen molar-refractivity contribution in [3.63, 3.8) is 0 Å². The summed E-state index contributed by atoms with van der Waals surface area (Å²) in [6, 6.07) is 12.3. The number of rotatable bonds is 11. The maximum Gasteiger partial charge on any atom is 0.435 e. The molecule has 2 heterocycles. The maximum absolute atomic E-state index is 13.7. The minimum atomic E-state index is -4.56. The third-order valence-corrected chi connectivity index (χ3v) is 10.8. The smallest absolute Gasteiger partial charge is 0.435 e. The normalized spacial score (nSPS) is 19.8. The van der Waals surface area contributed by atoms with Gasteiger partial charge in [-0.15, -0.1) is 0 Å². The predicted octanol–water partition coefficient (Wildman–Crippen LogP) is 9.25. The Kier molecular flexibility index (Phi) is 10.4. The summed E-state index contributed by atoms with van der Waals surface area (Å²) in [6.45, 7) is 16.3. The van der Waals surface area contributed by atoms with Crippen LogP contribution in [-0.2, 0) is 22.4 Å². The molecular weight excluding hydrogens is 583 g/mol. The van der Waals surface area contributed by atoms with Crippen molar-refractivity contribution in [1.82, 2.24) is 14.5 Å². The molecule has 0 spiro atoms. The Bertz CT molecular complexity index is 1370. The third kappa shape index (κ3) is 8.12. The van der Waals surface area contributed by atoms with Gasteiger partial charge in [0.15, 0.2) is 5.69 Å². The van der Waals surface area contributed by atoms with Gasteiger partial charge in [-0.2, -0.15) is 13.2 Å². The molecule has 1 aliphatic rings. The van der Waals surface area contributed by atoms with E-state index in [4.69, 9.17) is 14.2 Å². The van der Waals surface area contributed by atoms with E-state index in [1.54, 1.807) is 19.4 Å². The number of imidazole rings is 1. The highest BCUT2D eigenvalue weighted by atomic mass is 28.3. The summed E-state index contributed by atoms with van der Waals surface area (Å²) >= 11 is 0. The molecule has 0 atom stereocenters. The lowest BCUT2D eigenvalue weighted by molar-refractivity contribution is -0.141. The molecule has 1 fully saturated rings. The summed E-state index contributed by atoms with van der Waals surface area (Å²) in [5.41, 5.74) is 1.56. The molecule has 0 bridgehead atoms. The number of hydrogen-bond acceptors (Lipinski definition) is 5. The molecule has 242 valence electrons. The van der Waals surface area contributed by atoms with E-state index in [1.165, 1.54) is 11.5 Å². The van der Waals surface area contributed by atoms with Crippen LogP contribution in [0.4, 0.5) is 13.2 Å². The average molecular weight is 632 g/mol. The van der Waals surface area contributed by atoms with Gasteiger partial charge in [0.05, 0.1) is 18.4 Å². The zero-order valence-electron chi connectivity index (χ0n) is 27.5.